The van der Waals surface area contributed by atoms with Crippen molar-refractivity contribution in [2.75, 3.05) is 6.61 Å². The largest absolute Gasteiger partial charge is 0.356 e. The molecule has 0 bridgehead atoms. The standard InChI is InChI=1S/C22H30N2O3/c1-15(2)24-18(25)14-27-20(19(24)16-8-4-3-5-9-16)21(26)23-22(12-13-22)17-10-6-7-11-17/h3-5,8-9,15,17,19-20H,6-7,10-14H2,1-2H3,(H,23,26)/t19-,20+/m1/s1. The molecule has 2 atom stereocenters. The van der Waals surface area contributed by atoms with Gasteiger partial charge in [0.15, 0.2) is 6.10 Å². The lowest BCUT2D eigenvalue weighted by Gasteiger charge is -2.43. The third-order valence-electron chi connectivity index (χ3n) is 6.51. The molecular formula is C22H30N2O3. The molecule has 5 nitrogen and oxygen atoms in total. The molecule has 1 saturated heterocycles. The van der Waals surface area contributed by atoms with Crippen molar-refractivity contribution in [2.45, 2.75) is 76.1 Å². The molecule has 1 heterocycles. The SMILES string of the molecule is CC(C)N1C(=O)CO[C@H](C(=O)NC2(C3CCCC3)CC2)[C@H]1c1ccccc1. The third kappa shape index (κ3) is 3.49. The zero-order valence-corrected chi connectivity index (χ0v) is 16.3. The molecule has 1 N–H and O–H groups in total. The van der Waals surface area contributed by atoms with Crippen molar-refractivity contribution < 1.29 is 14.3 Å². The monoisotopic (exact) mass is 370 g/mol. The number of carbonyl (C=O) groups is 2. The number of amides is 2. The summed E-state index contributed by atoms with van der Waals surface area (Å²) in [5, 5.41) is 3.35. The summed E-state index contributed by atoms with van der Waals surface area (Å²) in [7, 11) is 0. The van der Waals surface area contributed by atoms with Crippen LogP contribution in [0.3, 0.4) is 0 Å². The van der Waals surface area contributed by atoms with Gasteiger partial charge in [0, 0.05) is 11.6 Å². The van der Waals surface area contributed by atoms with Gasteiger partial charge in [0.2, 0.25) is 5.91 Å². The van der Waals surface area contributed by atoms with Gasteiger partial charge in [0.05, 0.1) is 6.04 Å². The Morgan fingerprint density at radius 3 is 2.44 bits per heavy atom. The molecule has 0 unspecified atom stereocenters. The summed E-state index contributed by atoms with van der Waals surface area (Å²) in [6.07, 6.45) is 6.44. The minimum absolute atomic E-state index is 0.00613. The molecule has 146 valence electrons. The van der Waals surface area contributed by atoms with Crippen molar-refractivity contribution in [1.82, 2.24) is 10.2 Å². The van der Waals surface area contributed by atoms with Crippen molar-refractivity contribution in [3.63, 3.8) is 0 Å². The molecule has 1 aromatic rings. The van der Waals surface area contributed by atoms with Crippen LogP contribution in [0.2, 0.25) is 0 Å². The summed E-state index contributed by atoms with van der Waals surface area (Å²) in [5.74, 6) is 0.481. The van der Waals surface area contributed by atoms with Crippen LogP contribution in [0, 0.1) is 5.92 Å². The van der Waals surface area contributed by atoms with Gasteiger partial charge in [-0.1, -0.05) is 43.2 Å². The van der Waals surface area contributed by atoms with Crippen molar-refractivity contribution in [2.24, 2.45) is 5.92 Å². The van der Waals surface area contributed by atoms with Gasteiger partial charge in [-0.2, -0.15) is 0 Å². The fourth-order valence-electron chi connectivity index (χ4n) is 5.01. The van der Waals surface area contributed by atoms with E-state index in [9.17, 15) is 9.59 Å². The maximum Gasteiger partial charge on any atom is 0.252 e. The quantitative estimate of drug-likeness (QED) is 0.866. The second kappa shape index (κ2) is 7.27. The van der Waals surface area contributed by atoms with Gasteiger partial charge < -0.3 is 15.0 Å². The molecule has 2 saturated carbocycles. The molecule has 1 aliphatic heterocycles. The summed E-state index contributed by atoms with van der Waals surface area (Å²) < 4.78 is 5.83. The first-order valence-electron chi connectivity index (χ1n) is 10.3. The number of ether oxygens (including phenoxy) is 1. The van der Waals surface area contributed by atoms with Crippen molar-refractivity contribution in [1.29, 1.82) is 0 Å². The van der Waals surface area contributed by atoms with E-state index in [0.717, 1.165) is 18.4 Å². The molecule has 3 fully saturated rings. The minimum Gasteiger partial charge on any atom is -0.356 e. The van der Waals surface area contributed by atoms with E-state index in [1.54, 1.807) is 0 Å². The fourth-order valence-corrected chi connectivity index (χ4v) is 5.01. The predicted molar refractivity (Wildman–Crippen MR) is 103 cm³/mol. The Bertz CT molecular complexity index is 693. The van der Waals surface area contributed by atoms with Crippen LogP contribution in [0.15, 0.2) is 30.3 Å². The molecule has 2 aliphatic carbocycles. The summed E-state index contributed by atoms with van der Waals surface area (Å²) in [4.78, 5) is 27.7. The number of benzene rings is 1. The summed E-state index contributed by atoms with van der Waals surface area (Å²) in [5.41, 5.74) is 0.924. The van der Waals surface area contributed by atoms with Gasteiger partial charge in [-0.15, -0.1) is 0 Å². The molecule has 1 aromatic carbocycles. The van der Waals surface area contributed by atoms with Crippen molar-refractivity contribution in [3.8, 4) is 0 Å². The second-order valence-corrected chi connectivity index (χ2v) is 8.61. The van der Waals surface area contributed by atoms with Crippen LogP contribution in [0.1, 0.15) is 64.0 Å². The topological polar surface area (TPSA) is 58.6 Å². The predicted octanol–water partition coefficient (Wildman–Crippen LogP) is 3.20. The fraction of sp³-hybridized carbons (Fsp3) is 0.636. The van der Waals surface area contributed by atoms with Crippen LogP contribution in [-0.4, -0.2) is 41.0 Å². The van der Waals surface area contributed by atoms with Crippen molar-refractivity contribution in [3.05, 3.63) is 35.9 Å². The van der Waals surface area contributed by atoms with Crippen LogP contribution in [0.25, 0.3) is 0 Å². The Kier molecular flexibility index (Phi) is 4.97. The van der Waals surface area contributed by atoms with E-state index in [2.05, 4.69) is 5.32 Å². The molecule has 5 heteroatoms. The molecule has 4 rings (SSSR count). The molecular weight excluding hydrogens is 340 g/mol. The number of nitrogens with zero attached hydrogens (tertiary/aromatic N) is 1. The zero-order chi connectivity index (χ0) is 19.0. The first-order valence-corrected chi connectivity index (χ1v) is 10.3. The maximum atomic E-state index is 13.3. The van der Waals surface area contributed by atoms with E-state index in [0.29, 0.717) is 5.92 Å². The maximum absolute atomic E-state index is 13.3. The van der Waals surface area contributed by atoms with Crippen LogP contribution in [-0.2, 0) is 14.3 Å². The molecule has 0 radical (unpaired) electrons. The number of hydrogen-bond acceptors (Lipinski definition) is 3. The number of morpholine rings is 1. The van der Waals surface area contributed by atoms with Gasteiger partial charge >= 0.3 is 0 Å². The van der Waals surface area contributed by atoms with Crippen LogP contribution in [0.4, 0.5) is 0 Å². The third-order valence-corrected chi connectivity index (χ3v) is 6.51. The molecule has 0 aromatic heterocycles. The Morgan fingerprint density at radius 2 is 1.85 bits per heavy atom. The minimum atomic E-state index is -0.661. The van der Waals surface area contributed by atoms with Crippen molar-refractivity contribution >= 4 is 11.8 Å². The summed E-state index contributed by atoms with van der Waals surface area (Å²) in [6.45, 7) is 3.96. The van der Waals surface area contributed by atoms with Gasteiger partial charge in [-0.25, -0.2) is 0 Å². The highest BCUT2D eigenvalue weighted by Gasteiger charge is 2.53. The van der Waals surface area contributed by atoms with Crippen LogP contribution >= 0.6 is 0 Å². The highest BCUT2D eigenvalue weighted by molar-refractivity contribution is 5.87. The van der Waals surface area contributed by atoms with Gasteiger partial charge in [0.1, 0.15) is 6.61 Å². The van der Waals surface area contributed by atoms with E-state index in [1.165, 1.54) is 25.7 Å². The Hall–Kier alpha value is -1.88. The van der Waals surface area contributed by atoms with Crippen LogP contribution < -0.4 is 5.32 Å². The van der Waals surface area contributed by atoms with E-state index in [1.807, 2.05) is 49.1 Å². The Morgan fingerprint density at radius 1 is 1.19 bits per heavy atom. The van der Waals surface area contributed by atoms with Crippen LogP contribution in [0.5, 0.6) is 0 Å². The lowest BCUT2D eigenvalue weighted by molar-refractivity contribution is -0.167. The lowest BCUT2D eigenvalue weighted by Crippen LogP contribution is -2.58. The lowest BCUT2D eigenvalue weighted by atomic mass is 9.93. The average Bonchev–Trinajstić information content (AvgIpc) is 3.22. The number of carbonyl (C=O) groups excluding carboxylic acids is 2. The number of nitrogens with one attached hydrogen (secondary N) is 1. The smallest absolute Gasteiger partial charge is 0.252 e. The number of hydrogen-bond donors (Lipinski definition) is 1. The summed E-state index contributed by atoms with van der Waals surface area (Å²) >= 11 is 0. The Labute approximate surface area is 161 Å². The van der Waals surface area contributed by atoms with Gasteiger partial charge in [-0.05, 0) is 51.0 Å². The van der Waals surface area contributed by atoms with E-state index >= 15 is 0 Å². The first-order chi connectivity index (χ1) is 13.0. The normalized spacial score (nSPS) is 27.8. The van der Waals surface area contributed by atoms with E-state index in [-0.39, 0.29) is 36.0 Å². The second-order valence-electron chi connectivity index (χ2n) is 8.61. The van der Waals surface area contributed by atoms with E-state index in [4.69, 9.17) is 4.74 Å². The van der Waals surface area contributed by atoms with Gasteiger partial charge in [-0.3, -0.25) is 9.59 Å². The summed E-state index contributed by atoms with van der Waals surface area (Å²) in [6, 6.07) is 9.42. The molecule has 2 amide bonds. The molecule has 27 heavy (non-hydrogen) atoms. The highest BCUT2D eigenvalue weighted by atomic mass is 16.5. The van der Waals surface area contributed by atoms with Gasteiger partial charge in [0.25, 0.3) is 5.91 Å². The number of rotatable bonds is 5. The zero-order valence-electron chi connectivity index (χ0n) is 16.3. The molecule has 3 aliphatic rings. The average molecular weight is 370 g/mol. The first kappa shape index (κ1) is 18.5. The Balaban J connectivity index is 1.59. The molecule has 0 spiro atoms. The highest BCUT2D eigenvalue weighted by Crippen LogP contribution is 2.49. The van der Waals surface area contributed by atoms with E-state index < -0.39 is 6.10 Å².